The topological polar surface area (TPSA) is 46.3 Å². The quantitative estimate of drug-likeness (QED) is 0.698. The molecule has 11 heavy (non-hydrogen) atoms. The van der Waals surface area contributed by atoms with Crippen molar-refractivity contribution in [1.29, 1.82) is 0 Å². The lowest BCUT2D eigenvalue weighted by molar-refractivity contribution is 0.332. The van der Waals surface area contributed by atoms with E-state index in [-0.39, 0.29) is 6.61 Å². The average Bonchev–Trinajstić information content (AvgIpc) is 2.35. The molecule has 0 saturated heterocycles. The molecule has 0 atom stereocenters. The molecule has 1 rings (SSSR count). The lowest BCUT2D eigenvalue weighted by Gasteiger charge is -1.89. The minimum Gasteiger partial charge on any atom is -0.449 e. The minimum atomic E-state index is 0.0614. The monoisotopic (exact) mass is 153 g/mol. The molecule has 0 aliphatic rings. The Morgan fingerprint density at radius 2 is 2.55 bits per heavy atom. The molecule has 1 aromatic heterocycles. The fourth-order valence-electron chi connectivity index (χ4n) is 0.745. The Morgan fingerprint density at radius 3 is 3.00 bits per heavy atom. The van der Waals surface area contributed by atoms with Crippen molar-refractivity contribution >= 4 is 6.08 Å². The number of aliphatic hydroxyl groups excluding tert-OH is 1. The fourth-order valence-corrected chi connectivity index (χ4v) is 0.745. The van der Waals surface area contributed by atoms with Crippen LogP contribution in [-0.4, -0.2) is 16.7 Å². The Labute approximate surface area is 65.4 Å². The first-order chi connectivity index (χ1) is 5.22. The SMILES string of the molecule is CC(=Cc1coc(C)n1)CO. The summed E-state index contributed by atoms with van der Waals surface area (Å²) in [4.78, 5) is 4.04. The number of hydrogen-bond acceptors (Lipinski definition) is 3. The molecule has 1 heterocycles. The first kappa shape index (κ1) is 8.01. The van der Waals surface area contributed by atoms with E-state index in [0.29, 0.717) is 5.89 Å². The summed E-state index contributed by atoms with van der Waals surface area (Å²) >= 11 is 0. The van der Waals surface area contributed by atoms with Gasteiger partial charge in [-0.25, -0.2) is 4.98 Å². The number of aryl methyl sites for hydroxylation is 1. The summed E-state index contributed by atoms with van der Waals surface area (Å²) in [7, 11) is 0. The van der Waals surface area contributed by atoms with Crippen molar-refractivity contribution in [1.82, 2.24) is 4.98 Å². The van der Waals surface area contributed by atoms with Crippen molar-refractivity contribution in [3.63, 3.8) is 0 Å². The Morgan fingerprint density at radius 1 is 1.82 bits per heavy atom. The Bertz CT molecular complexity index is 263. The number of aliphatic hydroxyl groups is 1. The molecule has 0 saturated carbocycles. The van der Waals surface area contributed by atoms with Gasteiger partial charge in [0.1, 0.15) is 12.0 Å². The number of oxazole rings is 1. The summed E-state index contributed by atoms with van der Waals surface area (Å²) in [6.45, 7) is 3.68. The van der Waals surface area contributed by atoms with Gasteiger partial charge in [0.25, 0.3) is 0 Å². The number of hydrogen-bond donors (Lipinski definition) is 1. The Balaban J connectivity index is 2.78. The molecule has 0 aromatic carbocycles. The summed E-state index contributed by atoms with van der Waals surface area (Å²) < 4.78 is 4.97. The molecule has 0 radical (unpaired) electrons. The molecule has 1 N–H and O–H groups in total. The van der Waals surface area contributed by atoms with Gasteiger partial charge in [0.15, 0.2) is 5.89 Å². The van der Waals surface area contributed by atoms with Crippen LogP contribution in [0.5, 0.6) is 0 Å². The van der Waals surface area contributed by atoms with Crippen molar-refractivity contribution in [3.05, 3.63) is 23.4 Å². The van der Waals surface area contributed by atoms with E-state index in [1.807, 2.05) is 6.92 Å². The van der Waals surface area contributed by atoms with Crippen LogP contribution in [0.2, 0.25) is 0 Å². The highest BCUT2D eigenvalue weighted by Crippen LogP contribution is 2.05. The third-order valence-electron chi connectivity index (χ3n) is 1.28. The largest absolute Gasteiger partial charge is 0.449 e. The van der Waals surface area contributed by atoms with E-state index in [2.05, 4.69) is 4.98 Å². The summed E-state index contributed by atoms with van der Waals surface area (Å²) in [6.07, 6.45) is 3.35. The molecule has 0 spiro atoms. The van der Waals surface area contributed by atoms with E-state index in [1.165, 1.54) is 0 Å². The van der Waals surface area contributed by atoms with Gasteiger partial charge in [0.05, 0.1) is 6.61 Å². The maximum atomic E-state index is 8.68. The van der Waals surface area contributed by atoms with E-state index in [0.717, 1.165) is 11.3 Å². The van der Waals surface area contributed by atoms with Crippen molar-refractivity contribution in [3.8, 4) is 0 Å². The van der Waals surface area contributed by atoms with Crippen LogP contribution >= 0.6 is 0 Å². The Hall–Kier alpha value is -1.09. The van der Waals surface area contributed by atoms with Crippen molar-refractivity contribution in [2.24, 2.45) is 0 Å². The average molecular weight is 153 g/mol. The van der Waals surface area contributed by atoms with E-state index in [4.69, 9.17) is 9.52 Å². The second-order valence-electron chi connectivity index (χ2n) is 2.44. The van der Waals surface area contributed by atoms with Gasteiger partial charge < -0.3 is 9.52 Å². The molecule has 0 aliphatic carbocycles. The second-order valence-corrected chi connectivity index (χ2v) is 2.44. The van der Waals surface area contributed by atoms with Crippen molar-refractivity contribution < 1.29 is 9.52 Å². The third-order valence-corrected chi connectivity index (χ3v) is 1.28. The predicted octanol–water partition coefficient (Wildman–Crippen LogP) is 1.38. The van der Waals surface area contributed by atoms with Gasteiger partial charge in [-0.3, -0.25) is 0 Å². The lowest BCUT2D eigenvalue weighted by atomic mass is 10.3. The van der Waals surface area contributed by atoms with E-state index < -0.39 is 0 Å². The smallest absolute Gasteiger partial charge is 0.191 e. The molecule has 0 aliphatic heterocycles. The minimum absolute atomic E-state index is 0.0614. The van der Waals surface area contributed by atoms with Crippen LogP contribution in [0.4, 0.5) is 0 Å². The lowest BCUT2D eigenvalue weighted by Crippen LogP contribution is -1.83. The highest BCUT2D eigenvalue weighted by Gasteiger charge is 1.95. The normalized spacial score (nSPS) is 12.1. The summed E-state index contributed by atoms with van der Waals surface area (Å²) in [5, 5.41) is 8.68. The van der Waals surface area contributed by atoms with Gasteiger partial charge in [0, 0.05) is 6.92 Å². The fraction of sp³-hybridized carbons (Fsp3) is 0.375. The van der Waals surface area contributed by atoms with Crippen LogP contribution < -0.4 is 0 Å². The molecule has 0 amide bonds. The van der Waals surface area contributed by atoms with Crippen molar-refractivity contribution in [2.75, 3.05) is 6.61 Å². The predicted molar refractivity (Wildman–Crippen MR) is 42.0 cm³/mol. The van der Waals surface area contributed by atoms with Crippen LogP contribution in [0.1, 0.15) is 18.5 Å². The molecular formula is C8H11NO2. The number of nitrogens with zero attached hydrogens (tertiary/aromatic N) is 1. The zero-order valence-electron chi connectivity index (χ0n) is 6.66. The van der Waals surface area contributed by atoms with Crippen molar-refractivity contribution in [2.45, 2.75) is 13.8 Å². The highest BCUT2D eigenvalue weighted by molar-refractivity contribution is 5.46. The molecule has 1 aromatic rings. The van der Waals surface area contributed by atoms with Gasteiger partial charge in [-0.15, -0.1) is 0 Å². The highest BCUT2D eigenvalue weighted by atomic mass is 16.3. The number of aromatic nitrogens is 1. The standard InChI is InChI=1S/C8H11NO2/c1-6(4-10)3-8-5-11-7(2)9-8/h3,5,10H,4H2,1-2H3. The molecule has 0 fully saturated rings. The maximum Gasteiger partial charge on any atom is 0.191 e. The van der Waals surface area contributed by atoms with Gasteiger partial charge in [-0.05, 0) is 18.6 Å². The molecule has 0 bridgehead atoms. The van der Waals surface area contributed by atoms with Gasteiger partial charge >= 0.3 is 0 Å². The first-order valence-electron chi connectivity index (χ1n) is 3.42. The van der Waals surface area contributed by atoms with Gasteiger partial charge in [0.2, 0.25) is 0 Å². The molecule has 0 unspecified atom stereocenters. The van der Waals surface area contributed by atoms with E-state index in [1.54, 1.807) is 19.3 Å². The zero-order valence-corrected chi connectivity index (χ0v) is 6.66. The summed E-state index contributed by atoms with van der Waals surface area (Å²) in [5.74, 6) is 0.641. The summed E-state index contributed by atoms with van der Waals surface area (Å²) in [5.41, 5.74) is 1.63. The second kappa shape index (κ2) is 3.34. The van der Waals surface area contributed by atoms with E-state index in [9.17, 15) is 0 Å². The maximum absolute atomic E-state index is 8.68. The Kier molecular flexibility index (Phi) is 2.44. The first-order valence-corrected chi connectivity index (χ1v) is 3.42. The number of rotatable bonds is 2. The molecular weight excluding hydrogens is 142 g/mol. The van der Waals surface area contributed by atoms with Crippen LogP contribution in [0.15, 0.2) is 16.3 Å². The molecule has 3 nitrogen and oxygen atoms in total. The van der Waals surface area contributed by atoms with Crippen LogP contribution in [-0.2, 0) is 0 Å². The summed E-state index contributed by atoms with van der Waals surface area (Å²) in [6, 6.07) is 0. The molecule has 60 valence electrons. The third kappa shape index (κ3) is 2.20. The van der Waals surface area contributed by atoms with Crippen LogP contribution in [0.3, 0.4) is 0 Å². The zero-order chi connectivity index (χ0) is 8.27. The molecule has 3 heteroatoms. The van der Waals surface area contributed by atoms with Gasteiger partial charge in [-0.1, -0.05) is 0 Å². The van der Waals surface area contributed by atoms with Crippen LogP contribution in [0, 0.1) is 6.92 Å². The van der Waals surface area contributed by atoms with Gasteiger partial charge in [-0.2, -0.15) is 0 Å². The van der Waals surface area contributed by atoms with E-state index >= 15 is 0 Å². The van der Waals surface area contributed by atoms with Crippen LogP contribution in [0.25, 0.3) is 6.08 Å².